The van der Waals surface area contributed by atoms with Crippen molar-refractivity contribution in [1.29, 1.82) is 0 Å². The highest BCUT2D eigenvalue weighted by molar-refractivity contribution is 7.89. The van der Waals surface area contributed by atoms with E-state index in [-0.39, 0.29) is 9.92 Å². The number of piperazine rings is 1. The SMILES string of the molecule is COc1ccccc1N1CCN(S(=O)(=O)c2cc(Cl)ccc2Cl)CC1. The highest BCUT2D eigenvalue weighted by Gasteiger charge is 2.31. The monoisotopic (exact) mass is 400 g/mol. The fourth-order valence-electron chi connectivity index (χ4n) is 2.87. The molecule has 0 N–H and O–H groups in total. The summed E-state index contributed by atoms with van der Waals surface area (Å²) in [5.41, 5.74) is 0.961. The second-order valence-corrected chi connectivity index (χ2v) is 8.39. The van der Waals surface area contributed by atoms with Crippen molar-refractivity contribution in [2.45, 2.75) is 4.90 Å². The Morgan fingerprint density at radius 2 is 1.68 bits per heavy atom. The first-order chi connectivity index (χ1) is 11.9. The Balaban J connectivity index is 1.79. The van der Waals surface area contributed by atoms with Crippen LogP contribution < -0.4 is 9.64 Å². The van der Waals surface area contributed by atoms with Gasteiger partial charge in [0.1, 0.15) is 10.6 Å². The van der Waals surface area contributed by atoms with Gasteiger partial charge in [-0.05, 0) is 30.3 Å². The van der Waals surface area contributed by atoms with Crippen molar-refractivity contribution in [2.75, 3.05) is 38.2 Å². The minimum absolute atomic E-state index is 0.0485. The van der Waals surface area contributed by atoms with Gasteiger partial charge >= 0.3 is 0 Å². The molecule has 8 heteroatoms. The summed E-state index contributed by atoms with van der Waals surface area (Å²) >= 11 is 12.0. The number of sulfonamides is 1. The summed E-state index contributed by atoms with van der Waals surface area (Å²) in [6, 6.07) is 12.2. The molecule has 0 bridgehead atoms. The van der Waals surface area contributed by atoms with Gasteiger partial charge in [0.15, 0.2) is 0 Å². The molecule has 0 aromatic heterocycles. The number of ether oxygens (including phenoxy) is 1. The van der Waals surface area contributed by atoms with Gasteiger partial charge in [0.2, 0.25) is 10.0 Å². The molecule has 1 aliphatic heterocycles. The lowest BCUT2D eigenvalue weighted by Gasteiger charge is -2.36. The average molecular weight is 401 g/mol. The van der Waals surface area contributed by atoms with E-state index in [2.05, 4.69) is 4.90 Å². The summed E-state index contributed by atoms with van der Waals surface area (Å²) in [6.45, 7) is 1.86. The third-order valence-corrected chi connectivity index (χ3v) is 6.79. The van der Waals surface area contributed by atoms with Crippen LogP contribution in [0.5, 0.6) is 5.75 Å². The molecule has 134 valence electrons. The summed E-state index contributed by atoms with van der Waals surface area (Å²) in [4.78, 5) is 2.16. The van der Waals surface area contributed by atoms with Crippen molar-refractivity contribution in [1.82, 2.24) is 4.31 Å². The Labute approximate surface area is 157 Å². The molecule has 5 nitrogen and oxygen atoms in total. The molecular weight excluding hydrogens is 383 g/mol. The zero-order valence-electron chi connectivity index (χ0n) is 13.7. The van der Waals surface area contributed by atoms with Crippen molar-refractivity contribution < 1.29 is 13.2 Å². The first kappa shape index (κ1) is 18.3. The first-order valence-electron chi connectivity index (χ1n) is 7.76. The molecule has 2 aromatic carbocycles. The highest BCUT2D eigenvalue weighted by atomic mass is 35.5. The molecule has 0 unspecified atom stereocenters. The Bertz CT molecular complexity index is 866. The van der Waals surface area contributed by atoms with E-state index in [9.17, 15) is 8.42 Å². The fraction of sp³-hybridized carbons (Fsp3) is 0.294. The minimum Gasteiger partial charge on any atom is -0.495 e. The number of nitrogens with zero attached hydrogens (tertiary/aromatic N) is 2. The van der Waals surface area contributed by atoms with Crippen molar-refractivity contribution in [2.24, 2.45) is 0 Å². The molecular formula is C17H18Cl2N2O3S. The molecule has 0 atom stereocenters. The molecule has 3 rings (SSSR count). The topological polar surface area (TPSA) is 49.9 Å². The predicted molar refractivity (Wildman–Crippen MR) is 100 cm³/mol. The molecule has 0 radical (unpaired) electrons. The molecule has 0 amide bonds. The van der Waals surface area contributed by atoms with E-state index >= 15 is 0 Å². The fourth-order valence-corrected chi connectivity index (χ4v) is 5.03. The number of benzene rings is 2. The molecule has 1 aliphatic rings. The summed E-state index contributed by atoms with van der Waals surface area (Å²) in [7, 11) is -2.05. The number of para-hydroxylation sites is 2. The number of rotatable bonds is 4. The number of anilines is 1. The van der Waals surface area contributed by atoms with Gasteiger partial charge in [-0.2, -0.15) is 4.31 Å². The van der Waals surface area contributed by atoms with E-state index < -0.39 is 10.0 Å². The second-order valence-electron chi connectivity index (χ2n) is 5.64. The van der Waals surface area contributed by atoms with Crippen molar-refractivity contribution in [3.8, 4) is 5.75 Å². The lowest BCUT2D eigenvalue weighted by Crippen LogP contribution is -2.48. The average Bonchev–Trinajstić information content (AvgIpc) is 2.63. The van der Waals surface area contributed by atoms with Gasteiger partial charge in [0.05, 0.1) is 17.8 Å². The predicted octanol–water partition coefficient (Wildman–Crippen LogP) is 3.51. The van der Waals surface area contributed by atoms with Crippen LogP contribution in [0.2, 0.25) is 10.0 Å². The summed E-state index contributed by atoms with van der Waals surface area (Å²) < 4.78 is 32.6. The Morgan fingerprint density at radius 1 is 1.00 bits per heavy atom. The summed E-state index contributed by atoms with van der Waals surface area (Å²) in [5, 5.41) is 0.521. The molecule has 1 heterocycles. The first-order valence-corrected chi connectivity index (χ1v) is 9.96. The lowest BCUT2D eigenvalue weighted by atomic mass is 10.2. The Morgan fingerprint density at radius 3 is 2.36 bits per heavy atom. The van der Waals surface area contributed by atoms with Crippen molar-refractivity contribution >= 4 is 38.9 Å². The van der Waals surface area contributed by atoms with Crippen molar-refractivity contribution in [3.05, 3.63) is 52.5 Å². The second kappa shape index (κ2) is 7.41. The zero-order valence-corrected chi connectivity index (χ0v) is 16.0. The largest absolute Gasteiger partial charge is 0.495 e. The normalized spacial score (nSPS) is 16.0. The quantitative estimate of drug-likeness (QED) is 0.787. The van der Waals surface area contributed by atoms with E-state index in [1.54, 1.807) is 13.2 Å². The molecule has 1 fully saturated rings. The van der Waals surface area contributed by atoms with Crippen LogP contribution in [0, 0.1) is 0 Å². The maximum atomic E-state index is 12.9. The van der Waals surface area contributed by atoms with Crippen LogP contribution in [-0.2, 0) is 10.0 Å². The standard InChI is InChI=1S/C17H18Cl2N2O3S/c1-24-16-5-3-2-4-15(16)20-8-10-21(11-9-20)25(22,23)17-12-13(18)6-7-14(17)19/h2-7,12H,8-11H2,1H3. The van der Waals surface area contributed by atoms with E-state index in [0.717, 1.165) is 11.4 Å². The molecule has 0 aliphatic carbocycles. The van der Waals surface area contributed by atoms with Crippen LogP contribution in [0.15, 0.2) is 47.4 Å². The minimum atomic E-state index is -3.68. The van der Waals surface area contributed by atoms with Crippen LogP contribution in [0.1, 0.15) is 0 Å². The Kier molecular flexibility index (Phi) is 5.43. The van der Waals surface area contributed by atoms with E-state index in [1.165, 1.54) is 16.4 Å². The van der Waals surface area contributed by atoms with Gasteiger partial charge in [-0.1, -0.05) is 35.3 Å². The van der Waals surface area contributed by atoms with E-state index in [1.807, 2.05) is 24.3 Å². The van der Waals surface area contributed by atoms with Crippen LogP contribution >= 0.6 is 23.2 Å². The van der Waals surface area contributed by atoms with Crippen molar-refractivity contribution in [3.63, 3.8) is 0 Å². The van der Waals surface area contributed by atoms with Crippen LogP contribution in [0.4, 0.5) is 5.69 Å². The van der Waals surface area contributed by atoms with Gasteiger partial charge in [0.25, 0.3) is 0 Å². The Hall–Kier alpha value is -1.47. The zero-order chi connectivity index (χ0) is 18.0. The third kappa shape index (κ3) is 3.72. The van der Waals surface area contributed by atoms with Gasteiger partial charge in [-0.15, -0.1) is 0 Å². The van der Waals surface area contributed by atoms with Crippen LogP contribution in [0.25, 0.3) is 0 Å². The van der Waals surface area contributed by atoms with Gasteiger partial charge < -0.3 is 9.64 Å². The lowest BCUT2D eigenvalue weighted by molar-refractivity contribution is 0.378. The number of halogens is 2. The summed E-state index contributed by atoms with van der Waals surface area (Å²) in [5.74, 6) is 0.775. The highest BCUT2D eigenvalue weighted by Crippen LogP contribution is 2.31. The van der Waals surface area contributed by atoms with E-state index in [4.69, 9.17) is 27.9 Å². The maximum Gasteiger partial charge on any atom is 0.244 e. The van der Waals surface area contributed by atoms with Gasteiger partial charge in [-0.25, -0.2) is 8.42 Å². The number of hydrogen-bond acceptors (Lipinski definition) is 4. The molecule has 25 heavy (non-hydrogen) atoms. The maximum absolute atomic E-state index is 12.9. The van der Waals surface area contributed by atoms with Gasteiger partial charge in [-0.3, -0.25) is 0 Å². The molecule has 0 saturated carbocycles. The van der Waals surface area contributed by atoms with Crippen LogP contribution in [-0.4, -0.2) is 46.0 Å². The molecule has 1 saturated heterocycles. The van der Waals surface area contributed by atoms with Gasteiger partial charge in [0, 0.05) is 31.2 Å². The van der Waals surface area contributed by atoms with Crippen LogP contribution in [0.3, 0.4) is 0 Å². The number of methoxy groups -OCH3 is 1. The number of hydrogen-bond donors (Lipinski definition) is 0. The summed E-state index contributed by atoms with van der Waals surface area (Å²) in [6.07, 6.45) is 0. The van der Waals surface area contributed by atoms with E-state index in [0.29, 0.717) is 31.2 Å². The molecule has 2 aromatic rings. The molecule has 0 spiro atoms. The third-order valence-electron chi connectivity index (χ3n) is 4.18. The smallest absolute Gasteiger partial charge is 0.244 e.